The highest BCUT2D eigenvalue weighted by molar-refractivity contribution is 5.68. The summed E-state index contributed by atoms with van der Waals surface area (Å²) in [7, 11) is 1.73. The van der Waals surface area contributed by atoms with Crippen molar-refractivity contribution < 1.29 is 14.3 Å². The van der Waals surface area contributed by atoms with Crippen LogP contribution in [0.5, 0.6) is 0 Å². The lowest BCUT2D eigenvalue weighted by atomic mass is 10.0. The van der Waals surface area contributed by atoms with Crippen LogP contribution in [-0.2, 0) is 9.47 Å². The third-order valence-electron chi connectivity index (χ3n) is 3.95. The highest BCUT2D eigenvalue weighted by Crippen LogP contribution is 2.30. The summed E-state index contributed by atoms with van der Waals surface area (Å²) in [6.45, 7) is 6.47. The minimum absolute atomic E-state index is 0.00855. The molecule has 1 amide bonds. The molecular weight excluding hydrogens is 278 g/mol. The van der Waals surface area contributed by atoms with E-state index >= 15 is 0 Å². The first-order valence-electron chi connectivity index (χ1n) is 7.98. The summed E-state index contributed by atoms with van der Waals surface area (Å²) in [4.78, 5) is 14.2. The lowest BCUT2D eigenvalue weighted by molar-refractivity contribution is 0.0143. The second-order valence-corrected chi connectivity index (χ2v) is 6.84. The van der Waals surface area contributed by atoms with Gasteiger partial charge in [0.15, 0.2) is 0 Å². The van der Waals surface area contributed by atoms with Crippen LogP contribution in [0.3, 0.4) is 0 Å². The highest BCUT2D eigenvalue weighted by atomic mass is 16.6. The van der Waals surface area contributed by atoms with E-state index in [2.05, 4.69) is 12.1 Å². The van der Waals surface area contributed by atoms with Gasteiger partial charge in [-0.2, -0.15) is 0 Å². The molecule has 0 bridgehead atoms. The van der Waals surface area contributed by atoms with Crippen molar-refractivity contribution in [3.8, 4) is 0 Å². The van der Waals surface area contributed by atoms with Crippen LogP contribution >= 0.6 is 0 Å². The van der Waals surface area contributed by atoms with Crippen LogP contribution in [0.15, 0.2) is 30.3 Å². The first-order valence-corrected chi connectivity index (χ1v) is 7.98. The van der Waals surface area contributed by atoms with E-state index in [-0.39, 0.29) is 18.2 Å². The van der Waals surface area contributed by atoms with Crippen molar-refractivity contribution in [1.82, 2.24) is 4.90 Å². The molecule has 1 fully saturated rings. The van der Waals surface area contributed by atoms with Crippen molar-refractivity contribution in [2.24, 2.45) is 0 Å². The molecule has 2 atom stereocenters. The molecule has 1 aliphatic heterocycles. The SMILES string of the molecule is COC(CC1CCCN1C(=O)OC(C)(C)C)c1ccccc1. The minimum atomic E-state index is -0.454. The molecule has 0 radical (unpaired) electrons. The van der Waals surface area contributed by atoms with E-state index in [0.717, 1.165) is 31.4 Å². The summed E-state index contributed by atoms with van der Waals surface area (Å²) in [5.74, 6) is 0. The summed E-state index contributed by atoms with van der Waals surface area (Å²) < 4.78 is 11.2. The lowest BCUT2D eigenvalue weighted by Crippen LogP contribution is -2.40. The Bertz CT molecular complexity index is 481. The molecule has 4 heteroatoms. The van der Waals surface area contributed by atoms with Gasteiger partial charge in [-0.3, -0.25) is 0 Å². The van der Waals surface area contributed by atoms with Crippen molar-refractivity contribution in [2.75, 3.05) is 13.7 Å². The molecule has 1 heterocycles. The lowest BCUT2D eigenvalue weighted by Gasteiger charge is -2.30. The van der Waals surface area contributed by atoms with Gasteiger partial charge in [0.1, 0.15) is 5.60 Å². The molecule has 0 aromatic heterocycles. The standard InChI is InChI=1S/C18H27NO3/c1-18(2,3)22-17(20)19-12-8-11-15(19)13-16(21-4)14-9-6-5-7-10-14/h5-7,9-10,15-16H,8,11-13H2,1-4H3. The zero-order valence-electron chi connectivity index (χ0n) is 14.0. The topological polar surface area (TPSA) is 38.8 Å². The number of methoxy groups -OCH3 is 1. The summed E-state index contributed by atoms with van der Waals surface area (Å²) >= 11 is 0. The molecule has 0 N–H and O–H groups in total. The van der Waals surface area contributed by atoms with Crippen LogP contribution < -0.4 is 0 Å². The van der Waals surface area contributed by atoms with E-state index in [4.69, 9.17) is 9.47 Å². The van der Waals surface area contributed by atoms with Crippen molar-refractivity contribution in [2.45, 2.75) is 57.8 Å². The van der Waals surface area contributed by atoms with E-state index in [1.807, 2.05) is 43.9 Å². The Kier molecular flexibility index (Phi) is 5.46. The average molecular weight is 305 g/mol. The normalized spacial score (nSPS) is 20.0. The molecule has 122 valence electrons. The Balaban J connectivity index is 2.02. The second-order valence-electron chi connectivity index (χ2n) is 6.84. The smallest absolute Gasteiger partial charge is 0.410 e. The van der Waals surface area contributed by atoms with Gasteiger partial charge in [-0.1, -0.05) is 30.3 Å². The minimum Gasteiger partial charge on any atom is -0.444 e. The van der Waals surface area contributed by atoms with Crippen molar-refractivity contribution in [3.63, 3.8) is 0 Å². The number of nitrogens with zero attached hydrogens (tertiary/aromatic N) is 1. The van der Waals surface area contributed by atoms with Gasteiger partial charge < -0.3 is 14.4 Å². The van der Waals surface area contributed by atoms with Crippen molar-refractivity contribution in [1.29, 1.82) is 0 Å². The third kappa shape index (κ3) is 4.47. The predicted molar refractivity (Wildman–Crippen MR) is 86.8 cm³/mol. The van der Waals surface area contributed by atoms with E-state index in [0.29, 0.717) is 0 Å². The van der Waals surface area contributed by atoms with E-state index in [9.17, 15) is 4.79 Å². The fourth-order valence-corrected chi connectivity index (χ4v) is 2.92. The van der Waals surface area contributed by atoms with Crippen LogP contribution in [0, 0.1) is 0 Å². The van der Waals surface area contributed by atoms with Gasteiger partial charge in [0.05, 0.1) is 6.10 Å². The number of amides is 1. The first kappa shape index (κ1) is 16.8. The largest absolute Gasteiger partial charge is 0.444 e. The molecule has 1 aliphatic rings. The zero-order chi connectivity index (χ0) is 16.2. The van der Waals surface area contributed by atoms with Gasteiger partial charge >= 0.3 is 6.09 Å². The van der Waals surface area contributed by atoms with Crippen molar-refractivity contribution >= 4 is 6.09 Å². The second kappa shape index (κ2) is 7.14. The first-order chi connectivity index (χ1) is 10.4. The van der Waals surface area contributed by atoms with Gasteiger partial charge in [-0.05, 0) is 45.6 Å². The van der Waals surface area contributed by atoms with E-state index in [1.165, 1.54) is 0 Å². The van der Waals surface area contributed by atoms with Gasteiger partial charge in [-0.25, -0.2) is 4.79 Å². The molecule has 1 aromatic carbocycles. The summed E-state index contributed by atoms with van der Waals surface area (Å²) in [5.41, 5.74) is 0.700. The van der Waals surface area contributed by atoms with Gasteiger partial charge in [0.25, 0.3) is 0 Å². The highest BCUT2D eigenvalue weighted by Gasteiger charge is 2.33. The number of hydrogen-bond acceptors (Lipinski definition) is 3. The maximum atomic E-state index is 12.3. The number of carbonyl (C=O) groups is 1. The van der Waals surface area contributed by atoms with Crippen LogP contribution in [0.25, 0.3) is 0 Å². The Morgan fingerprint density at radius 1 is 1.32 bits per heavy atom. The molecule has 0 aliphatic carbocycles. The zero-order valence-corrected chi connectivity index (χ0v) is 14.0. The summed E-state index contributed by atoms with van der Waals surface area (Å²) in [5, 5.41) is 0. The number of likely N-dealkylation sites (tertiary alicyclic amines) is 1. The number of carbonyl (C=O) groups excluding carboxylic acids is 1. The van der Waals surface area contributed by atoms with Crippen molar-refractivity contribution in [3.05, 3.63) is 35.9 Å². The molecule has 22 heavy (non-hydrogen) atoms. The third-order valence-corrected chi connectivity index (χ3v) is 3.95. The van der Waals surface area contributed by atoms with Crippen LogP contribution in [0.4, 0.5) is 4.79 Å². The maximum absolute atomic E-state index is 12.3. The molecule has 1 aromatic rings. The quantitative estimate of drug-likeness (QED) is 0.838. The Morgan fingerprint density at radius 3 is 2.59 bits per heavy atom. The van der Waals surface area contributed by atoms with Gasteiger partial charge in [0, 0.05) is 19.7 Å². The maximum Gasteiger partial charge on any atom is 0.410 e. The molecule has 1 saturated heterocycles. The summed E-state index contributed by atoms with van der Waals surface area (Å²) in [6.07, 6.45) is 2.63. The Labute approximate surface area is 133 Å². The van der Waals surface area contributed by atoms with Crippen LogP contribution in [0.2, 0.25) is 0 Å². The van der Waals surface area contributed by atoms with E-state index in [1.54, 1.807) is 7.11 Å². The number of hydrogen-bond donors (Lipinski definition) is 0. The van der Waals surface area contributed by atoms with Crippen LogP contribution in [0.1, 0.15) is 51.7 Å². The Hall–Kier alpha value is -1.55. The fraction of sp³-hybridized carbons (Fsp3) is 0.611. The molecule has 2 unspecified atom stereocenters. The average Bonchev–Trinajstić information content (AvgIpc) is 2.92. The number of rotatable bonds is 4. The molecule has 2 rings (SSSR count). The fourth-order valence-electron chi connectivity index (χ4n) is 2.92. The Morgan fingerprint density at radius 2 is 2.00 bits per heavy atom. The molecule has 0 saturated carbocycles. The molecule has 0 spiro atoms. The molecule has 4 nitrogen and oxygen atoms in total. The van der Waals surface area contributed by atoms with Gasteiger partial charge in [-0.15, -0.1) is 0 Å². The number of benzene rings is 1. The number of ether oxygens (including phenoxy) is 2. The summed E-state index contributed by atoms with van der Waals surface area (Å²) in [6, 6.07) is 10.4. The predicted octanol–water partition coefficient (Wildman–Crippen LogP) is 4.16. The van der Waals surface area contributed by atoms with Crippen LogP contribution in [-0.4, -0.2) is 36.3 Å². The van der Waals surface area contributed by atoms with Gasteiger partial charge in [0.2, 0.25) is 0 Å². The monoisotopic (exact) mass is 305 g/mol. The molecular formula is C18H27NO3. The van der Waals surface area contributed by atoms with E-state index < -0.39 is 5.60 Å².